The van der Waals surface area contributed by atoms with Gasteiger partial charge in [-0.2, -0.15) is 0 Å². The van der Waals surface area contributed by atoms with Crippen molar-refractivity contribution in [3.63, 3.8) is 0 Å². The number of benzene rings is 1. The molecule has 96 valence electrons. The van der Waals surface area contributed by atoms with Gasteiger partial charge >= 0.3 is 0 Å². The van der Waals surface area contributed by atoms with Gasteiger partial charge < -0.3 is 4.74 Å². The summed E-state index contributed by atoms with van der Waals surface area (Å²) in [5.41, 5.74) is 1.36. The van der Waals surface area contributed by atoms with E-state index >= 15 is 0 Å². The smallest absolute Gasteiger partial charge is 0.189 e. The second kappa shape index (κ2) is 5.10. The minimum absolute atomic E-state index is 0.0434. The Kier molecular flexibility index (Phi) is 3.71. The van der Waals surface area contributed by atoms with E-state index in [-0.39, 0.29) is 5.78 Å². The predicted molar refractivity (Wildman–Crippen MR) is 76.5 cm³/mol. The summed E-state index contributed by atoms with van der Waals surface area (Å²) in [5, 5.41) is 0. The third kappa shape index (κ3) is 3.10. The standard InChI is InChI=1S/C15H20O2Si/c1-18(2,3)14-9-13(17-11-14)10-15(16)12-7-5-4-6-8-12/h4-8,10,14H,9,11H2,1-3H3/b13-10+. The lowest BCUT2D eigenvalue weighted by Crippen LogP contribution is -2.28. The third-order valence-corrected chi connectivity index (χ3v) is 6.31. The Labute approximate surface area is 110 Å². The Bertz CT molecular complexity index is 457. The first-order valence-corrected chi connectivity index (χ1v) is 9.97. The van der Waals surface area contributed by atoms with Crippen molar-refractivity contribution in [3.8, 4) is 0 Å². The number of allylic oxidation sites excluding steroid dienone is 2. The van der Waals surface area contributed by atoms with Crippen molar-refractivity contribution in [3.05, 3.63) is 47.7 Å². The molecule has 3 heteroatoms. The van der Waals surface area contributed by atoms with Crippen LogP contribution in [0.15, 0.2) is 42.2 Å². The van der Waals surface area contributed by atoms with E-state index < -0.39 is 8.07 Å². The van der Waals surface area contributed by atoms with E-state index in [2.05, 4.69) is 19.6 Å². The molecular formula is C15H20O2Si. The van der Waals surface area contributed by atoms with E-state index in [0.29, 0.717) is 5.54 Å². The first kappa shape index (κ1) is 13.1. The molecule has 0 radical (unpaired) electrons. The molecule has 0 saturated carbocycles. The maximum atomic E-state index is 12.0. The molecule has 1 unspecified atom stereocenters. The van der Waals surface area contributed by atoms with Gasteiger partial charge in [0.1, 0.15) is 0 Å². The lowest BCUT2D eigenvalue weighted by molar-refractivity contribution is 0.104. The number of carbonyl (C=O) groups is 1. The van der Waals surface area contributed by atoms with Gasteiger partial charge in [0.15, 0.2) is 5.78 Å². The normalized spacial score (nSPS) is 21.9. The molecule has 0 amide bonds. The van der Waals surface area contributed by atoms with E-state index in [1.165, 1.54) is 0 Å². The maximum absolute atomic E-state index is 12.0. The highest BCUT2D eigenvalue weighted by Gasteiger charge is 2.33. The number of ketones is 1. The van der Waals surface area contributed by atoms with E-state index in [1.54, 1.807) is 6.08 Å². The Morgan fingerprint density at radius 1 is 1.28 bits per heavy atom. The monoisotopic (exact) mass is 260 g/mol. The van der Waals surface area contributed by atoms with Crippen LogP contribution >= 0.6 is 0 Å². The van der Waals surface area contributed by atoms with E-state index in [1.807, 2.05) is 30.3 Å². The number of rotatable bonds is 3. The quantitative estimate of drug-likeness (QED) is 0.468. The molecule has 1 aromatic rings. The molecule has 0 N–H and O–H groups in total. The fourth-order valence-electron chi connectivity index (χ4n) is 2.06. The van der Waals surface area contributed by atoms with Gasteiger partial charge in [0.2, 0.25) is 0 Å². The molecule has 1 aliphatic rings. The highest BCUT2D eigenvalue weighted by atomic mass is 28.3. The topological polar surface area (TPSA) is 26.3 Å². The minimum atomic E-state index is -1.17. The van der Waals surface area contributed by atoms with Crippen LogP contribution in [0.1, 0.15) is 16.8 Å². The van der Waals surface area contributed by atoms with Crippen molar-refractivity contribution in [2.75, 3.05) is 6.61 Å². The lowest BCUT2D eigenvalue weighted by Gasteiger charge is -2.21. The van der Waals surface area contributed by atoms with Gasteiger partial charge in [0.25, 0.3) is 0 Å². The summed E-state index contributed by atoms with van der Waals surface area (Å²) in [7, 11) is -1.17. The molecule has 1 aliphatic heterocycles. The Morgan fingerprint density at radius 2 is 1.94 bits per heavy atom. The molecule has 0 aromatic heterocycles. The highest BCUT2D eigenvalue weighted by molar-refractivity contribution is 6.77. The Balaban J connectivity index is 2.06. The average molecular weight is 260 g/mol. The van der Waals surface area contributed by atoms with Crippen LogP contribution in [0.4, 0.5) is 0 Å². The van der Waals surface area contributed by atoms with Gasteiger partial charge in [0.05, 0.1) is 20.4 Å². The second-order valence-electron chi connectivity index (χ2n) is 5.92. The van der Waals surface area contributed by atoms with Crippen LogP contribution in [0, 0.1) is 0 Å². The first-order valence-electron chi connectivity index (χ1n) is 6.39. The summed E-state index contributed by atoms with van der Waals surface area (Å²) in [5.74, 6) is 0.901. The van der Waals surface area contributed by atoms with Crippen LogP contribution in [0.2, 0.25) is 25.2 Å². The van der Waals surface area contributed by atoms with Gasteiger partial charge in [0, 0.05) is 18.1 Å². The zero-order valence-corrected chi connectivity index (χ0v) is 12.3. The third-order valence-electron chi connectivity index (χ3n) is 3.49. The predicted octanol–water partition coefficient (Wildman–Crippen LogP) is 3.88. The zero-order chi connectivity index (χ0) is 13.2. The van der Waals surface area contributed by atoms with Crippen LogP contribution in [0.25, 0.3) is 0 Å². The van der Waals surface area contributed by atoms with Crippen LogP contribution in [0.5, 0.6) is 0 Å². The summed E-state index contributed by atoms with van der Waals surface area (Å²) in [6, 6.07) is 9.35. The molecule has 1 fully saturated rings. The van der Waals surface area contributed by atoms with E-state index in [4.69, 9.17) is 4.74 Å². The van der Waals surface area contributed by atoms with Crippen LogP contribution in [-0.4, -0.2) is 20.5 Å². The van der Waals surface area contributed by atoms with Gasteiger partial charge in [-0.15, -0.1) is 0 Å². The maximum Gasteiger partial charge on any atom is 0.189 e. The molecule has 1 atom stereocenters. The minimum Gasteiger partial charge on any atom is -0.498 e. The number of carbonyl (C=O) groups excluding carboxylic acids is 1. The van der Waals surface area contributed by atoms with E-state index in [9.17, 15) is 4.79 Å². The Hall–Kier alpha value is -1.35. The van der Waals surface area contributed by atoms with Crippen molar-refractivity contribution < 1.29 is 9.53 Å². The summed E-state index contributed by atoms with van der Waals surface area (Å²) in [6.45, 7) is 7.83. The Morgan fingerprint density at radius 3 is 2.50 bits per heavy atom. The van der Waals surface area contributed by atoms with Crippen LogP contribution < -0.4 is 0 Å². The summed E-state index contributed by atoms with van der Waals surface area (Å²) in [6.07, 6.45) is 2.59. The van der Waals surface area contributed by atoms with Crippen LogP contribution in [-0.2, 0) is 4.74 Å². The number of ether oxygens (including phenoxy) is 1. The molecule has 18 heavy (non-hydrogen) atoms. The molecular weight excluding hydrogens is 240 g/mol. The second-order valence-corrected chi connectivity index (χ2v) is 11.5. The fraction of sp³-hybridized carbons (Fsp3) is 0.400. The van der Waals surface area contributed by atoms with Crippen molar-refractivity contribution >= 4 is 13.9 Å². The summed E-state index contributed by atoms with van der Waals surface area (Å²) in [4.78, 5) is 12.0. The molecule has 0 aliphatic carbocycles. The molecule has 1 saturated heterocycles. The van der Waals surface area contributed by atoms with Crippen molar-refractivity contribution in [1.29, 1.82) is 0 Å². The molecule has 1 heterocycles. The molecule has 2 nitrogen and oxygen atoms in total. The largest absolute Gasteiger partial charge is 0.498 e. The SMILES string of the molecule is C[Si](C)(C)C1CO/C(=C/C(=O)c2ccccc2)C1. The van der Waals surface area contributed by atoms with Gasteiger partial charge in [-0.1, -0.05) is 50.0 Å². The summed E-state index contributed by atoms with van der Waals surface area (Å²) >= 11 is 0. The zero-order valence-electron chi connectivity index (χ0n) is 11.3. The molecule has 1 aromatic carbocycles. The molecule has 2 rings (SSSR count). The van der Waals surface area contributed by atoms with Crippen molar-refractivity contribution in [2.45, 2.75) is 31.6 Å². The van der Waals surface area contributed by atoms with Gasteiger partial charge in [-0.3, -0.25) is 4.79 Å². The lowest BCUT2D eigenvalue weighted by atomic mass is 10.1. The molecule has 0 bridgehead atoms. The highest BCUT2D eigenvalue weighted by Crippen LogP contribution is 2.35. The van der Waals surface area contributed by atoms with Gasteiger partial charge in [-0.25, -0.2) is 0 Å². The van der Waals surface area contributed by atoms with Crippen molar-refractivity contribution in [1.82, 2.24) is 0 Å². The number of hydrogen-bond acceptors (Lipinski definition) is 2. The van der Waals surface area contributed by atoms with E-state index in [0.717, 1.165) is 24.4 Å². The first-order chi connectivity index (χ1) is 8.47. The molecule has 0 spiro atoms. The number of hydrogen-bond donors (Lipinski definition) is 0. The summed E-state index contributed by atoms with van der Waals surface area (Å²) < 4.78 is 5.66. The average Bonchev–Trinajstić information content (AvgIpc) is 2.78. The van der Waals surface area contributed by atoms with Gasteiger partial charge in [-0.05, 0) is 5.54 Å². The van der Waals surface area contributed by atoms with Crippen LogP contribution in [0.3, 0.4) is 0 Å². The van der Waals surface area contributed by atoms with Crippen molar-refractivity contribution in [2.24, 2.45) is 0 Å². The fourth-order valence-corrected chi connectivity index (χ4v) is 3.45.